The summed E-state index contributed by atoms with van der Waals surface area (Å²) in [5.74, 6) is 1.35. The Morgan fingerprint density at radius 1 is 0.591 bits per heavy atom. The van der Waals surface area contributed by atoms with Gasteiger partial charge >= 0.3 is 0 Å². The standard InChI is InChI=1S/C21H19NO4S.C14H12FNO/c1-15-6-9-17(10-7-15)27(23,24)26-13-12-25-16-8-11-19-18-4-2-3-5-20(18)22-21(19)14-16;15-7-8-17-10-5-6-12-11-3-1-2-4-13(11)16-14(12)9-10/h2-11,14,22H,12-13H2,1H3;1-6,9,16H,7-8H2/i;15-1. The van der Waals surface area contributed by atoms with Crippen molar-refractivity contribution in [3.63, 3.8) is 0 Å². The van der Waals surface area contributed by atoms with Crippen LogP contribution in [0.2, 0.25) is 0 Å². The van der Waals surface area contributed by atoms with Gasteiger partial charge in [-0.25, -0.2) is 4.39 Å². The zero-order valence-electron chi connectivity index (χ0n) is 24.0. The second-order valence-corrected chi connectivity index (χ2v) is 11.8. The Hall–Kier alpha value is -4.86. The van der Waals surface area contributed by atoms with E-state index in [2.05, 4.69) is 22.1 Å². The first kappa shape index (κ1) is 29.2. The minimum atomic E-state index is -3.77. The molecule has 7 aromatic rings. The first-order chi connectivity index (χ1) is 21.4. The Balaban J connectivity index is 0.000000173. The Morgan fingerprint density at radius 2 is 1.09 bits per heavy atom. The maximum atomic E-state index is 12.1. The highest BCUT2D eigenvalue weighted by Gasteiger charge is 2.15. The molecule has 0 aliphatic heterocycles. The van der Waals surface area contributed by atoms with Crippen LogP contribution in [0.15, 0.2) is 114 Å². The van der Waals surface area contributed by atoms with Crippen LogP contribution in [0, 0.1) is 6.92 Å². The van der Waals surface area contributed by atoms with E-state index in [1.165, 1.54) is 17.5 Å². The third kappa shape index (κ3) is 6.39. The summed E-state index contributed by atoms with van der Waals surface area (Å²) in [6.07, 6.45) is 0. The van der Waals surface area contributed by atoms with Crippen LogP contribution >= 0.6 is 0 Å². The summed E-state index contributed by atoms with van der Waals surface area (Å²) < 4.78 is 52.3. The summed E-state index contributed by atoms with van der Waals surface area (Å²) in [5.41, 5.74) is 5.15. The average molecular weight is 610 g/mol. The molecule has 2 heterocycles. The first-order valence-corrected chi connectivity index (χ1v) is 15.6. The summed E-state index contributed by atoms with van der Waals surface area (Å²) in [6, 6.07) is 34.3. The Kier molecular flexibility index (Phi) is 8.49. The van der Waals surface area contributed by atoms with E-state index in [-0.39, 0.29) is 24.7 Å². The van der Waals surface area contributed by atoms with Gasteiger partial charge in [-0.1, -0.05) is 54.1 Å². The Morgan fingerprint density at radius 3 is 1.64 bits per heavy atom. The van der Waals surface area contributed by atoms with Gasteiger partial charge in [0, 0.05) is 44.7 Å². The number of hydrogen-bond donors (Lipinski definition) is 2. The van der Waals surface area contributed by atoms with Gasteiger partial charge in [-0.2, -0.15) is 8.42 Å². The van der Waals surface area contributed by atoms with E-state index in [9.17, 15) is 12.8 Å². The molecule has 7 rings (SSSR count). The van der Waals surface area contributed by atoms with Crippen molar-refractivity contribution in [1.29, 1.82) is 0 Å². The highest BCUT2D eigenvalue weighted by molar-refractivity contribution is 7.86. The number of H-pyrrole nitrogens is 2. The van der Waals surface area contributed by atoms with Crippen molar-refractivity contribution in [3.8, 4) is 11.5 Å². The van der Waals surface area contributed by atoms with Gasteiger partial charge in [0.2, 0.25) is 0 Å². The number of aryl methyl sites for hydroxylation is 1. The SMILES string of the molecule is Cc1ccc(S(=O)(=O)OCCOc2ccc3c(c2)[nH]c2ccccc23)cc1.[18F]CCOc1ccc2c(c1)[nH]c1ccccc12. The van der Waals surface area contributed by atoms with Gasteiger partial charge in [0.15, 0.2) is 0 Å². The van der Waals surface area contributed by atoms with Crippen molar-refractivity contribution in [2.75, 3.05) is 26.5 Å². The number of rotatable bonds is 9. The molecule has 0 saturated heterocycles. The van der Waals surface area contributed by atoms with E-state index in [0.717, 1.165) is 43.8 Å². The fourth-order valence-electron chi connectivity index (χ4n) is 5.08. The lowest BCUT2D eigenvalue weighted by molar-refractivity contribution is 0.221. The zero-order chi connectivity index (χ0) is 30.5. The number of halogens is 1. The predicted molar refractivity (Wildman–Crippen MR) is 173 cm³/mol. The molecule has 0 aliphatic rings. The number of fused-ring (bicyclic) bond motifs is 6. The molecule has 0 fully saturated rings. The van der Waals surface area contributed by atoms with E-state index in [4.69, 9.17) is 13.7 Å². The summed E-state index contributed by atoms with van der Waals surface area (Å²) in [5, 5.41) is 4.63. The summed E-state index contributed by atoms with van der Waals surface area (Å²) in [4.78, 5) is 6.82. The summed E-state index contributed by atoms with van der Waals surface area (Å²) >= 11 is 0. The van der Waals surface area contributed by atoms with Gasteiger partial charge in [0.1, 0.15) is 38.0 Å². The summed E-state index contributed by atoms with van der Waals surface area (Å²) in [6.45, 7) is 1.61. The molecule has 9 heteroatoms. The van der Waals surface area contributed by atoms with Gasteiger partial charge in [-0.05, 0) is 55.5 Å². The molecule has 0 unspecified atom stereocenters. The third-order valence-electron chi connectivity index (χ3n) is 7.20. The van der Waals surface area contributed by atoms with Crippen molar-refractivity contribution < 1.29 is 26.5 Å². The van der Waals surface area contributed by atoms with Gasteiger partial charge in [-0.3, -0.25) is 4.18 Å². The number of aromatic amines is 2. The smallest absolute Gasteiger partial charge is 0.297 e. The van der Waals surface area contributed by atoms with Crippen molar-refractivity contribution >= 4 is 53.7 Å². The lowest BCUT2D eigenvalue weighted by atomic mass is 10.1. The van der Waals surface area contributed by atoms with Crippen LogP contribution in [0.5, 0.6) is 11.5 Å². The van der Waals surface area contributed by atoms with E-state index >= 15 is 0 Å². The second kappa shape index (κ2) is 12.8. The van der Waals surface area contributed by atoms with E-state index in [0.29, 0.717) is 11.5 Å². The number of para-hydroxylation sites is 2. The molecule has 2 aromatic heterocycles. The maximum absolute atomic E-state index is 12.1. The van der Waals surface area contributed by atoms with Crippen LogP contribution in [0.3, 0.4) is 0 Å². The fraction of sp³-hybridized carbons (Fsp3) is 0.143. The molecule has 5 aromatic carbocycles. The molecule has 0 spiro atoms. The van der Waals surface area contributed by atoms with Crippen LogP contribution in [-0.2, 0) is 14.3 Å². The highest BCUT2D eigenvalue weighted by atomic mass is 32.2. The highest BCUT2D eigenvalue weighted by Crippen LogP contribution is 2.29. The number of nitrogens with one attached hydrogen (secondary N) is 2. The normalized spacial score (nSPS) is 11.6. The topological polar surface area (TPSA) is 93.4 Å². The van der Waals surface area contributed by atoms with Crippen molar-refractivity contribution in [2.24, 2.45) is 0 Å². The second-order valence-electron chi connectivity index (χ2n) is 10.2. The van der Waals surface area contributed by atoms with Crippen LogP contribution in [0.1, 0.15) is 5.56 Å². The van der Waals surface area contributed by atoms with Crippen LogP contribution in [0.4, 0.5) is 4.39 Å². The molecule has 7 nitrogen and oxygen atoms in total. The fourth-order valence-corrected chi connectivity index (χ4v) is 5.97. The van der Waals surface area contributed by atoms with Crippen molar-refractivity contribution in [3.05, 3.63) is 115 Å². The van der Waals surface area contributed by atoms with Crippen LogP contribution < -0.4 is 9.47 Å². The molecule has 0 bridgehead atoms. The van der Waals surface area contributed by atoms with E-state index < -0.39 is 16.8 Å². The maximum Gasteiger partial charge on any atom is 0.297 e. The molecule has 0 aliphatic carbocycles. The largest absolute Gasteiger partial charge is 0.491 e. The molecule has 0 atom stereocenters. The van der Waals surface area contributed by atoms with E-state index in [1.54, 1.807) is 12.1 Å². The van der Waals surface area contributed by atoms with Crippen LogP contribution in [-0.4, -0.2) is 44.9 Å². The summed E-state index contributed by atoms with van der Waals surface area (Å²) in [7, 11) is -3.77. The van der Waals surface area contributed by atoms with Gasteiger partial charge < -0.3 is 19.4 Å². The van der Waals surface area contributed by atoms with Gasteiger partial charge in [-0.15, -0.1) is 0 Å². The van der Waals surface area contributed by atoms with E-state index in [1.807, 2.05) is 79.7 Å². The molecular formula is C35H31FN2O5S. The lowest BCUT2D eigenvalue weighted by Gasteiger charge is -2.08. The Labute approximate surface area is 254 Å². The monoisotopic (exact) mass is 609 g/mol. The Bertz CT molecular complexity index is 2150. The molecule has 2 N–H and O–H groups in total. The first-order valence-electron chi connectivity index (χ1n) is 14.2. The number of aromatic nitrogens is 2. The average Bonchev–Trinajstić information content (AvgIpc) is 3.60. The van der Waals surface area contributed by atoms with Crippen molar-refractivity contribution in [1.82, 2.24) is 9.97 Å². The number of alkyl halides is 1. The lowest BCUT2D eigenvalue weighted by Crippen LogP contribution is -2.13. The molecule has 44 heavy (non-hydrogen) atoms. The van der Waals surface area contributed by atoms with Gasteiger partial charge in [0.05, 0.1) is 15.9 Å². The quantitative estimate of drug-likeness (QED) is 0.127. The predicted octanol–water partition coefficient (Wildman–Crippen LogP) is 8.08. The molecule has 0 radical (unpaired) electrons. The molecule has 0 amide bonds. The van der Waals surface area contributed by atoms with Crippen molar-refractivity contribution in [2.45, 2.75) is 11.8 Å². The minimum absolute atomic E-state index is 0.0546. The minimum Gasteiger partial charge on any atom is -0.491 e. The number of benzene rings is 5. The number of hydrogen-bond acceptors (Lipinski definition) is 5. The molecular weight excluding hydrogens is 578 g/mol. The van der Waals surface area contributed by atoms with Crippen LogP contribution in [0.25, 0.3) is 43.6 Å². The van der Waals surface area contributed by atoms with Gasteiger partial charge in [0.25, 0.3) is 10.1 Å². The number of ether oxygens (including phenoxy) is 2. The molecule has 224 valence electrons. The zero-order valence-corrected chi connectivity index (χ0v) is 24.9. The molecule has 0 saturated carbocycles. The third-order valence-corrected chi connectivity index (χ3v) is 8.53.